The highest BCUT2D eigenvalue weighted by atomic mass is 79.9. The first-order valence-corrected chi connectivity index (χ1v) is 7.65. The third-order valence-corrected chi connectivity index (χ3v) is 4.24. The van der Waals surface area contributed by atoms with Crippen LogP contribution in [0.5, 0.6) is 0 Å². The Bertz CT molecular complexity index is 499. The van der Waals surface area contributed by atoms with Crippen LogP contribution >= 0.6 is 39.0 Å². The Kier molecular flexibility index (Phi) is 4.42. The van der Waals surface area contributed by atoms with Crippen molar-refractivity contribution in [3.8, 4) is 0 Å². The van der Waals surface area contributed by atoms with E-state index in [1.807, 2.05) is 24.3 Å². The van der Waals surface area contributed by atoms with Crippen LogP contribution in [0.4, 0.5) is 10.8 Å². The molecule has 0 bridgehead atoms. The highest BCUT2D eigenvalue weighted by Crippen LogP contribution is 2.30. The molecule has 3 nitrogen and oxygen atoms in total. The summed E-state index contributed by atoms with van der Waals surface area (Å²) < 4.78 is 2.04. The lowest BCUT2D eigenvalue weighted by Crippen LogP contribution is -1.88. The van der Waals surface area contributed by atoms with Crippen molar-refractivity contribution in [1.82, 2.24) is 10.2 Å². The zero-order valence-corrected chi connectivity index (χ0v) is 12.7. The topological polar surface area (TPSA) is 37.8 Å². The molecule has 0 unspecified atom stereocenters. The highest BCUT2D eigenvalue weighted by Gasteiger charge is 2.06. The number of halogens is 1. The molecule has 6 heteroatoms. The second kappa shape index (κ2) is 5.84. The van der Waals surface area contributed by atoms with Crippen LogP contribution in [0.1, 0.15) is 13.8 Å². The lowest BCUT2D eigenvalue weighted by atomic mass is 10.3. The van der Waals surface area contributed by atoms with E-state index in [1.54, 1.807) is 23.1 Å². The molecule has 0 amide bonds. The average molecular weight is 330 g/mol. The number of anilines is 2. The van der Waals surface area contributed by atoms with E-state index in [4.69, 9.17) is 0 Å². The lowest BCUT2D eigenvalue weighted by Gasteiger charge is -2.01. The zero-order chi connectivity index (χ0) is 12.3. The van der Waals surface area contributed by atoms with Gasteiger partial charge < -0.3 is 5.32 Å². The van der Waals surface area contributed by atoms with Crippen molar-refractivity contribution in [2.24, 2.45) is 0 Å². The van der Waals surface area contributed by atoms with Gasteiger partial charge in [0.2, 0.25) is 5.13 Å². The number of hydrogen-bond donors (Lipinski definition) is 1. The fraction of sp³-hybridized carbons (Fsp3) is 0.273. The molecule has 1 N–H and O–H groups in total. The van der Waals surface area contributed by atoms with Gasteiger partial charge in [0, 0.05) is 15.4 Å². The summed E-state index contributed by atoms with van der Waals surface area (Å²) in [5.74, 6) is 0. The first kappa shape index (κ1) is 12.9. The maximum atomic E-state index is 4.13. The van der Waals surface area contributed by atoms with E-state index in [0.717, 1.165) is 19.6 Å². The van der Waals surface area contributed by atoms with E-state index in [-0.39, 0.29) is 0 Å². The SMILES string of the molecule is CC(C)Sc1nnc(Nc2cccc(Br)c2)s1. The Balaban J connectivity index is 2.06. The molecule has 0 fully saturated rings. The molecule has 2 rings (SSSR count). The van der Waals surface area contributed by atoms with E-state index in [1.165, 1.54) is 0 Å². The molecule has 0 spiro atoms. The fourth-order valence-corrected chi connectivity index (χ4v) is 3.59. The normalized spacial score (nSPS) is 10.8. The van der Waals surface area contributed by atoms with Crippen molar-refractivity contribution in [3.05, 3.63) is 28.7 Å². The molecule has 0 atom stereocenters. The quantitative estimate of drug-likeness (QED) is 0.835. The summed E-state index contributed by atoms with van der Waals surface area (Å²) in [6.45, 7) is 4.29. The number of benzene rings is 1. The molecule has 2 aromatic rings. The molecule has 1 heterocycles. The largest absolute Gasteiger partial charge is 0.330 e. The van der Waals surface area contributed by atoms with E-state index < -0.39 is 0 Å². The van der Waals surface area contributed by atoms with Gasteiger partial charge in [-0.2, -0.15) is 0 Å². The van der Waals surface area contributed by atoms with Gasteiger partial charge in [0.15, 0.2) is 4.34 Å². The molecule has 0 saturated carbocycles. The van der Waals surface area contributed by atoms with Crippen LogP contribution in [0.25, 0.3) is 0 Å². The standard InChI is InChI=1S/C11H12BrN3S2/c1-7(2)16-11-15-14-10(17-11)13-9-5-3-4-8(12)6-9/h3-7H,1-2H3,(H,13,14). The second-order valence-electron chi connectivity index (χ2n) is 3.68. The second-order valence-corrected chi connectivity index (χ2v) is 7.39. The van der Waals surface area contributed by atoms with Gasteiger partial charge in [-0.1, -0.05) is 58.9 Å². The maximum Gasteiger partial charge on any atom is 0.210 e. The predicted octanol–water partition coefficient (Wildman–Crippen LogP) is 4.54. The van der Waals surface area contributed by atoms with Gasteiger partial charge in [-0.15, -0.1) is 10.2 Å². The van der Waals surface area contributed by atoms with Gasteiger partial charge in [-0.05, 0) is 18.2 Å². The molecule has 90 valence electrons. The zero-order valence-electron chi connectivity index (χ0n) is 9.48. The summed E-state index contributed by atoms with van der Waals surface area (Å²) >= 11 is 6.74. The Morgan fingerprint density at radius 1 is 1.35 bits per heavy atom. The maximum absolute atomic E-state index is 4.13. The average Bonchev–Trinajstić information content (AvgIpc) is 2.64. The van der Waals surface area contributed by atoms with E-state index in [9.17, 15) is 0 Å². The molecule has 0 saturated heterocycles. The van der Waals surface area contributed by atoms with Crippen LogP contribution < -0.4 is 5.32 Å². The Morgan fingerprint density at radius 2 is 2.18 bits per heavy atom. The van der Waals surface area contributed by atoms with Crippen LogP contribution in [-0.2, 0) is 0 Å². The number of hydrogen-bond acceptors (Lipinski definition) is 5. The minimum absolute atomic E-state index is 0.529. The summed E-state index contributed by atoms with van der Waals surface area (Å²) in [5.41, 5.74) is 1.01. The fourth-order valence-electron chi connectivity index (χ4n) is 1.20. The molecule has 1 aromatic heterocycles. The molecule has 1 aromatic carbocycles. The summed E-state index contributed by atoms with van der Waals surface area (Å²) in [5, 5.41) is 12.8. The van der Waals surface area contributed by atoms with Crippen LogP contribution in [0, 0.1) is 0 Å². The van der Waals surface area contributed by atoms with Crippen LogP contribution in [-0.4, -0.2) is 15.4 Å². The third kappa shape index (κ3) is 3.97. The van der Waals surface area contributed by atoms with Crippen molar-refractivity contribution in [1.29, 1.82) is 0 Å². The first-order valence-electron chi connectivity index (χ1n) is 5.16. The van der Waals surface area contributed by atoms with Gasteiger partial charge in [-0.25, -0.2) is 0 Å². The van der Waals surface area contributed by atoms with Crippen molar-refractivity contribution in [3.63, 3.8) is 0 Å². The number of rotatable bonds is 4. The van der Waals surface area contributed by atoms with E-state index in [2.05, 4.69) is 45.3 Å². The van der Waals surface area contributed by atoms with Crippen molar-refractivity contribution in [2.45, 2.75) is 23.4 Å². The van der Waals surface area contributed by atoms with Gasteiger partial charge in [0.05, 0.1) is 0 Å². The van der Waals surface area contributed by atoms with Crippen molar-refractivity contribution < 1.29 is 0 Å². The Hall–Kier alpha value is -0.590. The molecule has 0 aliphatic carbocycles. The number of aromatic nitrogens is 2. The molecular formula is C11H12BrN3S2. The van der Waals surface area contributed by atoms with Crippen molar-refractivity contribution in [2.75, 3.05) is 5.32 Å². The van der Waals surface area contributed by atoms with Gasteiger partial charge in [0.25, 0.3) is 0 Å². The minimum Gasteiger partial charge on any atom is -0.330 e. The smallest absolute Gasteiger partial charge is 0.210 e. The Morgan fingerprint density at radius 3 is 2.88 bits per heavy atom. The highest BCUT2D eigenvalue weighted by molar-refractivity contribution is 9.10. The van der Waals surface area contributed by atoms with Crippen LogP contribution in [0.15, 0.2) is 33.1 Å². The molecule has 0 aliphatic rings. The van der Waals surface area contributed by atoms with Gasteiger partial charge >= 0.3 is 0 Å². The monoisotopic (exact) mass is 329 g/mol. The summed E-state index contributed by atoms with van der Waals surface area (Å²) in [6.07, 6.45) is 0. The number of nitrogens with zero attached hydrogens (tertiary/aromatic N) is 2. The number of nitrogens with one attached hydrogen (secondary N) is 1. The third-order valence-electron chi connectivity index (χ3n) is 1.82. The predicted molar refractivity (Wildman–Crippen MR) is 78.3 cm³/mol. The van der Waals surface area contributed by atoms with E-state index >= 15 is 0 Å². The molecule has 0 radical (unpaired) electrons. The van der Waals surface area contributed by atoms with Crippen LogP contribution in [0.2, 0.25) is 0 Å². The first-order chi connectivity index (χ1) is 8.13. The van der Waals surface area contributed by atoms with Gasteiger partial charge in [0.1, 0.15) is 0 Å². The molecule has 17 heavy (non-hydrogen) atoms. The van der Waals surface area contributed by atoms with Gasteiger partial charge in [-0.3, -0.25) is 0 Å². The molecular weight excluding hydrogens is 318 g/mol. The minimum atomic E-state index is 0.529. The summed E-state index contributed by atoms with van der Waals surface area (Å²) in [7, 11) is 0. The van der Waals surface area contributed by atoms with E-state index in [0.29, 0.717) is 5.25 Å². The summed E-state index contributed by atoms with van der Waals surface area (Å²) in [6, 6.07) is 7.99. The summed E-state index contributed by atoms with van der Waals surface area (Å²) in [4.78, 5) is 0. The van der Waals surface area contributed by atoms with Crippen molar-refractivity contribution >= 4 is 49.8 Å². The lowest BCUT2D eigenvalue weighted by molar-refractivity contribution is 1.00. The Labute approximate surface area is 117 Å². The van der Waals surface area contributed by atoms with Crippen LogP contribution in [0.3, 0.4) is 0 Å². The molecule has 0 aliphatic heterocycles. The number of thioether (sulfide) groups is 1.